The van der Waals surface area contributed by atoms with Crippen molar-refractivity contribution < 1.29 is 15.0 Å². The van der Waals surface area contributed by atoms with Gasteiger partial charge >= 0.3 is 5.97 Å². The summed E-state index contributed by atoms with van der Waals surface area (Å²) < 4.78 is 0. The molecule has 1 unspecified atom stereocenters. The molecule has 5 heteroatoms. The Kier molecular flexibility index (Phi) is 5.45. The molecule has 0 aromatic carbocycles. The molecule has 0 aliphatic rings. The average Bonchev–Trinajstić information content (AvgIpc) is 2.73. The first-order valence-corrected chi connectivity index (χ1v) is 6.15. The second-order valence-corrected chi connectivity index (χ2v) is 4.74. The number of nitrogens with one attached hydrogen (secondary N) is 1. The van der Waals surface area contributed by atoms with E-state index in [9.17, 15) is 4.79 Å². The summed E-state index contributed by atoms with van der Waals surface area (Å²) in [5, 5.41) is 20.9. The highest BCUT2D eigenvalue weighted by Crippen LogP contribution is 2.16. The summed E-state index contributed by atoms with van der Waals surface area (Å²) in [5.74, 6) is -0.876. The minimum Gasteiger partial charge on any atom is -0.477 e. The van der Waals surface area contributed by atoms with Gasteiger partial charge in [0.15, 0.2) is 0 Å². The van der Waals surface area contributed by atoms with Crippen molar-refractivity contribution in [3.05, 3.63) is 21.9 Å². The number of hydrogen-bond acceptors (Lipinski definition) is 4. The molecule has 1 aromatic heterocycles. The SMILES string of the molecule is CCC(CCO)NCc1ccc(C(=O)O)s1. The molecule has 0 saturated heterocycles. The van der Waals surface area contributed by atoms with E-state index < -0.39 is 5.97 Å². The van der Waals surface area contributed by atoms with Gasteiger partial charge in [-0.1, -0.05) is 6.92 Å². The number of aliphatic hydroxyl groups is 1. The van der Waals surface area contributed by atoms with Crippen molar-refractivity contribution in [2.45, 2.75) is 32.4 Å². The zero-order valence-corrected chi connectivity index (χ0v) is 10.1. The van der Waals surface area contributed by atoms with Gasteiger partial charge in [-0.2, -0.15) is 0 Å². The number of aromatic carboxylic acids is 1. The largest absolute Gasteiger partial charge is 0.477 e. The standard InChI is InChI=1S/C11H17NO3S/c1-2-8(5-6-13)12-7-9-3-4-10(16-9)11(14)15/h3-4,8,12-13H,2,5-7H2,1H3,(H,14,15). The zero-order valence-electron chi connectivity index (χ0n) is 9.27. The summed E-state index contributed by atoms with van der Waals surface area (Å²) in [4.78, 5) is 12.0. The minimum absolute atomic E-state index is 0.177. The van der Waals surface area contributed by atoms with Crippen LogP contribution in [0.1, 0.15) is 34.3 Å². The Bertz CT molecular complexity index is 338. The molecule has 1 atom stereocenters. The topological polar surface area (TPSA) is 69.6 Å². The summed E-state index contributed by atoms with van der Waals surface area (Å²) in [6, 6.07) is 3.74. The van der Waals surface area contributed by atoms with Crippen LogP contribution < -0.4 is 5.32 Å². The maximum atomic E-state index is 10.7. The lowest BCUT2D eigenvalue weighted by Crippen LogP contribution is -2.28. The number of hydrogen-bond donors (Lipinski definition) is 3. The quantitative estimate of drug-likeness (QED) is 0.681. The maximum absolute atomic E-state index is 10.7. The first-order chi connectivity index (χ1) is 7.67. The molecule has 0 saturated carbocycles. The number of carboxylic acid groups (broad SMARTS) is 1. The normalized spacial score (nSPS) is 12.6. The lowest BCUT2D eigenvalue weighted by Gasteiger charge is -2.14. The summed E-state index contributed by atoms with van der Waals surface area (Å²) >= 11 is 1.29. The van der Waals surface area contributed by atoms with Gasteiger partial charge < -0.3 is 15.5 Å². The van der Waals surface area contributed by atoms with Crippen molar-refractivity contribution in [2.75, 3.05) is 6.61 Å². The van der Waals surface area contributed by atoms with Crippen LogP contribution in [0, 0.1) is 0 Å². The highest BCUT2D eigenvalue weighted by molar-refractivity contribution is 7.13. The van der Waals surface area contributed by atoms with Crippen LogP contribution in [0.5, 0.6) is 0 Å². The fourth-order valence-electron chi connectivity index (χ4n) is 1.44. The molecular weight excluding hydrogens is 226 g/mol. The van der Waals surface area contributed by atoms with Gasteiger partial charge in [-0.3, -0.25) is 0 Å². The van der Waals surface area contributed by atoms with E-state index in [1.54, 1.807) is 6.07 Å². The van der Waals surface area contributed by atoms with Crippen molar-refractivity contribution in [3.63, 3.8) is 0 Å². The van der Waals surface area contributed by atoms with Crippen LogP contribution in [0.25, 0.3) is 0 Å². The van der Waals surface area contributed by atoms with Crippen molar-refractivity contribution in [1.82, 2.24) is 5.32 Å². The third-order valence-electron chi connectivity index (χ3n) is 2.41. The van der Waals surface area contributed by atoms with Gasteiger partial charge in [0, 0.05) is 24.1 Å². The van der Waals surface area contributed by atoms with E-state index in [1.165, 1.54) is 11.3 Å². The van der Waals surface area contributed by atoms with Gasteiger partial charge in [-0.15, -0.1) is 11.3 Å². The van der Waals surface area contributed by atoms with Crippen molar-refractivity contribution in [2.24, 2.45) is 0 Å². The Hall–Kier alpha value is -0.910. The van der Waals surface area contributed by atoms with Crippen molar-refractivity contribution >= 4 is 17.3 Å². The van der Waals surface area contributed by atoms with Crippen molar-refractivity contribution in [3.8, 4) is 0 Å². The molecule has 0 spiro atoms. The van der Waals surface area contributed by atoms with Crippen LogP contribution in [-0.4, -0.2) is 28.8 Å². The minimum atomic E-state index is -0.876. The average molecular weight is 243 g/mol. The monoisotopic (exact) mass is 243 g/mol. The second kappa shape index (κ2) is 6.62. The smallest absolute Gasteiger partial charge is 0.345 e. The molecule has 0 radical (unpaired) electrons. The number of thiophene rings is 1. The van der Waals surface area contributed by atoms with Crippen LogP contribution in [0.4, 0.5) is 0 Å². The van der Waals surface area contributed by atoms with Crippen LogP contribution >= 0.6 is 11.3 Å². The van der Waals surface area contributed by atoms with Gasteiger partial charge in [0.1, 0.15) is 4.88 Å². The molecule has 4 nitrogen and oxygen atoms in total. The maximum Gasteiger partial charge on any atom is 0.345 e. The lowest BCUT2D eigenvalue weighted by molar-refractivity contribution is 0.0702. The molecule has 1 rings (SSSR count). The van der Waals surface area contributed by atoms with Gasteiger partial charge in [0.05, 0.1) is 0 Å². The third kappa shape index (κ3) is 3.92. The molecular formula is C11H17NO3S. The Morgan fingerprint density at radius 1 is 1.56 bits per heavy atom. The van der Waals surface area contributed by atoms with Gasteiger partial charge in [0.25, 0.3) is 0 Å². The van der Waals surface area contributed by atoms with E-state index in [0.717, 1.165) is 17.7 Å². The van der Waals surface area contributed by atoms with Crippen LogP contribution in [0.3, 0.4) is 0 Å². The first kappa shape index (κ1) is 13.2. The lowest BCUT2D eigenvalue weighted by atomic mass is 10.1. The Morgan fingerprint density at radius 2 is 2.31 bits per heavy atom. The molecule has 1 aromatic rings. The van der Waals surface area contributed by atoms with E-state index in [4.69, 9.17) is 10.2 Å². The fraction of sp³-hybridized carbons (Fsp3) is 0.545. The number of aliphatic hydroxyl groups excluding tert-OH is 1. The van der Waals surface area contributed by atoms with Crippen molar-refractivity contribution in [1.29, 1.82) is 0 Å². The molecule has 16 heavy (non-hydrogen) atoms. The number of rotatable bonds is 7. The molecule has 3 N–H and O–H groups in total. The molecule has 0 bridgehead atoms. The second-order valence-electron chi connectivity index (χ2n) is 3.57. The first-order valence-electron chi connectivity index (χ1n) is 5.33. The predicted octanol–water partition coefficient (Wildman–Crippen LogP) is 1.70. The highest BCUT2D eigenvalue weighted by Gasteiger charge is 2.08. The molecule has 0 fully saturated rings. The van der Waals surface area contributed by atoms with E-state index in [0.29, 0.717) is 17.5 Å². The number of carboxylic acids is 1. The molecule has 90 valence electrons. The van der Waals surface area contributed by atoms with Crippen LogP contribution in [0.2, 0.25) is 0 Å². The zero-order chi connectivity index (χ0) is 12.0. The van der Waals surface area contributed by atoms with E-state index in [-0.39, 0.29) is 6.61 Å². The molecule has 1 heterocycles. The van der Waals surface area contributed by atoms with E-state index >= 15 is 0 Å². The van der Waals surface area contributed by atoms with Gasteiger partial charge in [0.2, 0.25) is 0 Å². The predicted molar refractivity (Wildman–Crippen MR) is 63.9 cm³/mol. The molecule has 0 amide bonds. The van der Waals surface area contributed by atoms with Crippen LogP contribution in [-0.2, 0) is 6.54 Å². The summed E-state index contributed by atoms with van der Waals surface area (Å²) in [6.07, 6.45) is 1.69. The molecule has 0 aliphatic heterocycles. The summed E-state index contributed by atoms with van der Waals surface area (Å²) in [6.45, 7) is 2.90. The Balaban J connectivity index is 2.44. The van der Waals surface area contributed by atoms with Gasteiger partial charge in [-0.05, 0) is 25.0 Å². The summed E-state index contributed by atoms with van der Waals surface area (Å²) in [5.41, 5.74) is 0. The highest BCUT2D eigenvalue weighted by atomic mass is 32.1. The van der Waals surface area contributed by atoms with Gasteiger partial charge in [-0.25, -0.2) is 4.79 Å². The third-order valence-corrected chi connectivity index (χ3v) is 3.48. The van der Waals surface area contributed by atoms with E-state index in [2.05, 4.69) is 12.2 Å². The Labute approximate surface area is 98.9 Å². The number of carbonyl (C=O) groups is 1. The molecule has 0 aliphatic carbocycles. The summed E-state index contributed by atoms with van der Waals surface area (Å²) in [7, 11) is 0. The van der Waals surface area contributed by atoms with Crippen LogP contribution in [0.15, 0.2) is 12.1 Å². The Morgan fingerprint density at radius 3 is 2.81 bits per heavy atom. The fourth-order valence-corrected chi connectivity index (χ4v) is 2.24. The van der Waals surface area contributed by atoms with E-state index in [1.807, 2.05) is 6.07 Å².